The van der Waals surface area contributed by atoms with E-state index in [0.717, 1.165) is 5.56 Å². The summed E-state index contributed by atoms with van der Waals surface area (Å²) >= 11 is 6.36. The molecule has 10 heteroatoms. The number of benzene rings is 2. The zero-order valence-electron chi connectivity index (χ0n) is 17.8. The number of hydrogen-bond acceptors (Lipinski definition) is 6. The summed E-state index contributed by atoms with van der Waals surface area (Å²) in [5, 5.41) is 3.76. The number of H-pyrrole nitrogens is 1. The van der Waals surface area contributed by atoms with Crippen molar-refractivity contribution in [3.05, 3.63) is 81.6 Å². The van der Waals surface area contributed by atoms with Gasteiger partial charge in [-0.3, -0.25) is 9.36 Å². The zero-order chi connectivity index (χ0) is 23.1. The number of rotatable bonds is 5. The summed E-state index contributed by atoms with van der Waals surface area (Å²) in [6, 6.07) is 9.24. The summed E-state index contributed by atoms with van der Waals surface area (Å²) in [5.41, 5.74) is 2.27. The topological polar surface area (TPSA) is 101 Å². The molecule has 0 amide bonds. The highest BCUT2D eigenvalue weighted by molar-refractivity contribution is 6.31. The van der Waals surface area contributed by atoms with Crippen molar-refractivity contribution in [3.8, 4) is 5.69 Å². The average Bonchev–Trinajstić information content (AvgIpc) is 3.29. The largest absolute Gasteiger partial charge is 0.358 e. The van der Waals surface area contributed by atoms with Gasteiger partial charge in [-0.25, -0.2) is 24.3 Å². The van der Waals surface area contributed by atoms with Gasteiger partial charge in [-0.05, 0) is 43.2 Å². The quantitative estimate of drug-likeness (QED) is 0.391. The fourth-order valence-corrected chi connectivity index (χ4v) is 3.97. The van der Waals surface area contributed by atoms with Crippen molar-refractivity contribution >= 4 is 39.5 Å². The monoisotopic (exact) mass is 463 g/mol. The minimum atomic E-state index is -0.625. The van der Waals surface area contributed by atoms with E-state index in [-0.39, 0.29) is 10.9 Å². The van der Waals surface area contributed by atoms with Crippen molar-refractivity contribution < 1.29 is 4.39 Å². The van der Waals surface area contributed by atoms with Crippen LogP contribution in [0.2, 0.25) is 5.02 Å². The molecule has 0 radical (unpaired) electrons. The fraction of sp³-hybridized carbons (Fsp3) is 0.174. The molecule has 0 bridgehead atoms. The van der Waals surface area contributed by atoms with Gasteiger partial charge in [0.15, 0.2) is 11.5 Å². The maximum absolute atomic E-state index is 14.7. The Morgan fingerprint density at radius 1 is 1.21 bits per heavy atom. The predicted octanol–water partition coefficient (Wildman–Crippen LogP) is 4.72. The Morgan fingerprint density at radius 3 is 2.85 bits per heavy atom. The number of fused-ring (bicyclic) bond motifs is 2. The Hall–Kier alpha value is -3.85. The number of halogens is 2. The average molecular weight is 464 g/mol. The van der Waals surface area contributed by atoms with Crippen LogP contribution in [0.5, 0.6) is 0 Å². The SMILES string of the molecule is CCC(Nc1ncnc2nc[nH]c12)c1nc2cccc(F)c2c(=O)n1-c1ccc(C)c(Cl)c1. The van der Waals surface area contributed by atoms with Gasteiger partial charge in [0.25, 0.3) is 5.56 Å². The van der Waals surface area contributed by atoms with Gasteiger partial charge in [-0.15, -0.1) is 0 Å². The van der Waals surface area contributed by atoms with Crippen molar-refractivity contribution in [2.75, 3.05) is 5.32 Å². The Balaban J connectivity index is 1.75. The highest BCUT2D eigenvalue weighted by Gasteiger charge is 2.23. The third-order valence-corrected chi connectivity index (χ3v) is 5.95. The zero-order valence-corrected chi connectivity index (χ0v) is 18.6. The molecule has 0 aliphatic heterocycles. The predicted molar refractivity (Wildman–Crippen MR) is 125 cm³/mol. The van der Waals surface area contributed by atoms with Crippen LogP contribution in [0, 0.1) is 12.7 Å². The van der Waals surface area contributed by atoms with Gasteiger partial charge < -0.3 is 10.3 Å². The molecular formula is C23H19ClFN7O. The van der Waals surface area contributed by atoms with Crippen molar-refractivity contribution in [2.24, 2.45) is 0 Å². The van der Waals surface area contributed by atoms with E-state index in [1.54, 1.807) is 18.2 Å². The first-order valence-electron chi connectivity index (χ1n) is 10.4. The first-order valence-corrected chi connectivity index (χ1v) is 10.7. The summed E-state index contributed by atoms with van der Waals surface area (Å²) in [7, 11) is 0. The molecule has 2 N–H and O–H groups in total. The molecule has 5 rings (SSSR count). The van der Waals surface area contributed by atoms with Crippen LogP contribution >= 0.6 is 11.6 Å². The van der Waals surface area contributed by atoms with Crippen molar-refractivity contribution in [2.45, 2.75) is 26.3 Å². The lowest BCUT2D eigenvalue weighted by atomic mass is 10.1. The van der Waals surface area contributed by atoms with Crippen molar-refractivity contribution in [1.82, 2.24) is 29.5 Å². The maximum atomic E-state index is 14.7. The van der Waals surface area contributed by atoms with Crippen LogP contribution in [-0.2, 0) is 0 Å². The number of aryl methyl sites for hydroxylation is 1. The normalized spacial score (nSPS) is 12.4. The molecule has 1 atom stereocenters. The molecule has 8 nitrogen and oxygen atoms in total. The number of hydrogen-bond donors (Lipinski definition) is 2. The van der Waals surface area contributed by atoms with E-state index in [9.17, 15) is 9.18 Å². The smallest absolute Gasteiger partial charge is 0.269 e. The van der Waals surface area contributed by atoms with E-state index in [1.165, 1.54) is 29.4 Å². The van der Waals surface area contributed by atoms with Crippen LogP contribution in [0.15, 0.2) is 53.8 Å². The molecule has 5 aromatic rings. The van der Waals surface area contributed by atoms with E-state index in [0.29, 0.717) is 39.9 Å². The molecule has 3 aromatic heterocycles. The second kappa shape index (κ2) is 8.25. The number of aromatic nitrogens is 6. The first-order chi connectivity index (χ1) is 16.0. The summed E-state index contributed by atoms with van der Waals surface area (Å²) in [5.74, 6) is 0.303. The molecular weight excluding hydrogens is 445 g/mol. The van der Waals surface area contributed by atoms with Crippen molar-refractivity contribution in [1.29, 1.82) is 0 Å². The Labute approximate surface area is 192 Å². The van der Waals surface area contributed by atoms with Gasteiger partial charge >= 0.3 is 0 Å². The summed E-state index contributed by atoms with van der Waals surface area (Å²) in [4.78, 5) is 33.9. The number of imidazole rings is 1. The Bertz CT molecular complexity index is 1560. The molecule has 3 heterocycles. The van der Waals surface area contributed by atoms with Crippen LogP contribution in [-0.4, -0.2) is 29.5 Å². The highest BCUT2D eigenvalue weighted by Crippen LogP contribution is 2.27. The molecule has 1 unspecified atom stereocenters. The Morgan fingerprint density at radius 2 is 2.06 bits per heavy atom. The van der Waals surface area contributed by atoms with E-state index >= 15 is 0 Å². The Kier molecular flexibility index (Phi) is 5.26. The molecule has 0 saturated heterocycles. The maximum Gasteiger partial charge on any atom is 0.269 e. The van der Waals surface area contributed by atoms with Crippen LogP contribution in [0.3, 0.4) is 0 Å². The van der Waals surface area contributed by atoms with Crippen LogP contribution < -0.4 is 10.9 Å². The third kappa shape index (κ3) is 3.60. The van der Waals surface area contributed by atoms with Crippen molar-refractivity contribution in [3.63, 3.8) is 0 Å². The van der Waals surface area contributed by atoms with E-state index < -0.39 is 17.4 Å². The minimum absolute atomic E-state index is 0.0780. The van der Waals surface area contributed by atoms with E-state index in [4.69, 9.17) is 16.6 Å². The fourth-order valence-electron chi connectivity index (χ4n) is 3.80. The van der Waals surface area contributed by atoms with E-state index in [2.05, 4.69) is 25.3 Å². The molecule has 0 fully saturated rings. The molecule has 0 aliphatic rings. The van der Waals surface area contributed by atoms with E-state index in [1.807, 2.05) is 19.9 Å². The molecule has 0 spiro atoms. The molecule has 0 saturated carbocycles. The van der Waals surface area contributed by atoms with Gasteiger partial charge in [0.05, 0.1) is 23.6 Å². The number of anilines is 1. The standard InChI is InChI=1S/C23H19ClFN7O/c1-3-16(30-21-19-20(27-10-26-19)28-11-29-21)22-31-17-6-4-5-15(25)18(17)23(33)32(22)13-8-7-12(2)14(24)9-13/h4-11,16H,3H2,1-2H3,(H2,26,27,28,29,30). The van der Waals surface area contributed by atoms with Crippen LogP contribution in [0.1, 0.15) is 30.8 Å². The van der Waals surface area contributed by atoms with Gasteiger partial charge in [0.2, 0.25) is 0 Å². The lowest BCUT2D eigenvalue weighted by Gasteiger charge is -2.22. The number of nitrogens with one attached hydrogen (secondary N) is 2. The van der Waals surface area contributed by atoms with Gasteiger partial charge in [0.1, 0.15) is 28.9 Å². The third-order valence-electron chi connectivity index (χ3n) is 5.54. The summed E-state index contributed by atoms with van der Waals surface area (Å²) in [6.07, 6.45) is 3.51. The molecule has 166 valence electrons. The highest BCUT2D eigenvalue weighted by atomic mass is 35.5. The lowest BCUT2D eigenvalue weighted by molar-refractivity contribution is 0.630. The number of aromatic amines is 1. The van der Waals surface area contributed by atoms with Gasteiger partial charge in [0, 0.05) is 5.02 Å². The molecule has 0 aliphatic carbocycles. The summed E-state index contributed by atoms with van der Waals surface area (Å²) in [6.45, 7) is 3.83. The van der Waals surface area contributed by atoms with Gasteiger partial charge in [-0.2, -0.15) is 0 Å². The molecule has 2 aromatic carbocycles. The molecule has 33 heavy (non-hydrogen) atoms. The minimum Gasteiger partial charge on any atom is -0.358 e. The number of nitrogens with zero attached hydrogens (tertiary/aromatic N) is 5. The summed E-state index contributed by atoms with van der Waals surface area (Å²) < 4.78 is 16.1. The van der Waals surface area contributed by atoms with Crippen LogP contribution in [0.4, 0.5) is 10.2 Å². The lowest BCUT2D eigenvalue weighted by Crippen LogP contribution is -2.29. The van der Waals surface area contributed by atoms with Gasteiger partial charge in [-0.1, -0.05) is 30.7 Å². The second-order valence-corrected chi connectivity index (χ2v) is 8.01. The second-order valence-electron chi connectivity index (χ2n) is 7.61. The first kappa shape index (κ1) is 21.0. The van der Waals surface area contributed by atoms with Crippen LogP contribution in [0.25, 0.3) is 27.8 Å².